The summed E-state index contributed by atoms with van der Waals surface area (Å²) in [6.07, 6.45) is -2.02. The molecule has 27 heavy (non-hydrogen) atoms. The van der Waals surface area contributed by atoms with Gasteiger partial charge in [0.1, 0.15) is 5.82 Å². The molecule has 0 radical (unpaired) electrons. The third-order valence-electron chi connectivity index (χ3n) is 5.05. The van der Waals surface area contributed by atoms with Crippen LogP contribution in [0, 0.1) is 17.7 Å². The lowest BCUT2D eigenvalue weighted by Crippen LogP contribution is -2.34. The van der Waals surface area contributed by atoms with Gasteiger partial charge in [-0.1, -0.05) is 12.8 Å². The van der Waals surface area contributed by atoms with E-state index in [4.69, 9.17) is 0 Å². The molecular weight excluding hydrogens is 368 g/mol. The maximum Gasteiger partial charge on any atom is 0.419 e. The Labute approximate surface area is 152 Å². The van der Waals surface area contributed by atoms with Crippen molar-refractivity contribution in [2.45, 2.75) is 38.3 Å². The Morgan fingerprint density at radius 2 is 1.70 bits per heavy atom. The number of rotatable bonds is 4. The summed E-state index contributed by atoms with van der Waals surface area (Å²) < 4.78 is 51.4. The fourth-order valence-corrected chi connectivity index (χ4v) is 3.71. The van der Waals surface area contributed by atoms with E-state index in [1.807, 2.05) is 0 Å². The standard InChI is InChI=1S/C18H18F4N2O3/c19-14-6-5-10(9-13(14)18(20,21)22)23-15(25)7-8-24-16(26)11-3-1-2-4-12(11)17(24)27/h5-6,9,11-12H,1-4,7-8H2,(H,23,25). The molecule has 1 saturated carbocycles. The molecule has 1 aliphatic heterocycles. The summed E-state index contributed by atoms with van der Waals surface area (Å²) in [6.45, 7) is -0.121. The molecule has 1 aromatic carbocycles. The molecule has 3 amide bonds. The van der Waals surface area contributed by atoms with Crippen LogP contribution in [0.1, 0.15) is 37.7 Å². The smallest absolute Gasteiger partial charge is 0.326 e. The molecule has 0 spiro atoms. The summed E-state index contributed by atoms with van der Waals surface area (Å²) in [5.74, 6) is -3.29. The summed E-state index contributed by atoms with van der Waals surface area (Å²) >= 11 is 0. The Balaban J connectivity index is 1.60. The van der Waals surface area contributed by atoms with Crippen LogP contribution < -0.4 is 5.32 Å². The minimum Gasteiger partial charge on any atom is -0.326 e. The second-order valence-electron chi connectivity index (χ2n) is 6.82. The van der Waals surface area contributed by atoms with Crippen molar-refractivity contribution in [2.24, 2.45) is 11.8 Å². The van der Waals surface area contributed by atoms with Crippen molar-refractivity contribution in [3.63, 3.8) is 0 Å². The van der Waals surface area contributed by atoms with E-state index in [9.17, 15) is 31.9 Å². The highest BCUT2D eigenvalue weighted by atomic mass is 19.4. The quantitative estimate of drug-likeness (QED) is 0.638. The SMILES string of the molecule is O=C(CCN1C(=O)C2CCCCC2C1=O)Nc1ccc(F)c(C(F)(F)F)c1. The molecule has 5 nitrogen and oxygen atoms in total. The molecule has 1 saturated heterocycles. The van der Waals surface area contributed by atoms with Gasteiger partial charge in [-0.3, -0.25) is 19.3 Å². The molecule has 0 bridgehead atoms. The molecule has 2 unspecified atom stereocenters. The zero-order valence-electron chi connectivity index (χ0n) is 14.3. The predicted molar refractivity (Wildman–Crippen MR) is 86.8 cm³/mol. The Morgan fingerprint density at radius 1 is 1.11 bits per heavy atom. The maximum atomic E-state index is 13.3. The number of hydrogen-bond donors (Lipinski definition) is 1. The van der Waals surface area contributed by atoms with Crippen molar-refractivity contribution >= 4 is 23.4 Å². The number of likely N-dealkylation sites (tertiary alicyclic amines) is 1. The molecule has 0 aromatic heterocycles. The summed E-state index contributed by atoms with van der Waals surface area (Å²) in [6, 6.07) is 2.15. The van der Waals surface area contributed by atoms with E-state index in [0.29, 0.717) is 25.0 Å². The fourth-order valence-electron chi connectivity index (χ4n) is 3.71. The van der Waals surface area contributed by atoms with Crippen LogP contribution in [0.15, 0.2) is 18.2 Å². The lowest BCUT2D eigenvalue weighted by Gasteiger charge is -2.19. The highest BCUT2D eigenvalue weighted by Gasteiger charge is 2.47. The monoisotopic (exact) mass is 386 g/mol. The minimum absolute atomic E-state index is 0.121. The first-order valence-corrected chi connectivity index (χ1v) is 8.70. The van der Waals surface area contributed by atoms with Crippen molar-refractivity contribution in [3.05, 3.63) is 29.6 Å². The number of amides is 3. The Bertz CT molecular complexity index is 754. The van der Waals surface area contributed by atoms with Crippen LogP contribution in [0.5, 0.6) is 0 Å². The lowest BCUT2D eigenvalue weighted by molar-refractivity contribution is -0.141. The molecule has 1 heterocycles. The first-order chi connectivity index (χ1) is 12.7. The van der Waals surface area contributed by atoms with Crippen LogP contribution in [0.4, 0.5) is 23.2 Å². The van der Waals surface area contributed by atoms with Crippen LogP contribution in [-0.2, 0) is 20.6 Å². The van der Waals surface area contributed by atoms with E-state index in [1.54, 1.807) is 0 Å². The van der Waals surface area contributed by atoms with Crippen LogP contribution in [0.2, 0.25) is 0 Å². The second-order valence-corrected chi connectivity index (χ2v) is 6.82. The zero-order chi connectivity index (χ0) is 19.8. The Hall–Kier alpha value is -2.45. The normalized spacial score (nSPS) is 22.7. The third-order valence-corrected chi connectivity index (χ3v) is 5.05. The summed E-state index contributed by atoms with van der Waals surface area (Å²) in [7, 11) is 0. The first-order valence-electron chi connectivity index (χ1n) is 8.70. The largest absolute Gasteiger partial charge is 0.419 e. The van der Waals surface area contributed by atoms with E-state index < -0.39 is 23.5 Å². The van der Waals surface area contributed by atoms with Crippen LogP contribution >= 0.6 is 0 Å². The molecule has 9 heteroatoms. The van der Waals surface area contributed by atoms with E-state index in [1.165, 1.54) is 0 Å². The molecule has 146 valence electrons. The zero-order valence-corrected chi connectivity index (χ0v) is 14.3. The van der Waals surface area contributed by atoms with Gasteiger partial charge in [-0.2, -0.15) is 13.2 Å². The van der Waals surface area contributed by atoms with Gasteiger partial charge in [0, 0.05) is 18.7 Å². The Kier molecular flexibility index (Phi) is 5.21. The van der Waals surface area contributed by atoms with Gasteiger partial charge in [0.05, 0.1) is 17.4 Å². The number of alkyl halides is 3. The first kappa shape index (κ1) is 19.3. The van der Waals surface area contributed by atoms with Gasteiger partial charge in [0.2, 0.25) is 17.7 Å². The van der Waals surface area contributed by atoms with Crippen LogP contribution in [-0.4, -0.2) is 29.2 Å². The van der Waals surface area contributed by atoms with E-state index in [2.05, 4.69) is 5.32 Å². The van der Waals surface area contributed by atoms with Gasteiger partial charge in [0.25, 0.3) is 0 Å². The number of fused-ring (bicyclic) bond motifs is 1. The topological polar surface area (TPSA) is 66.5 Å². The van der Waals surface area contributed by atoms with E-state index >= 15 is 0 Å². The number of anilines is 1. The number of hydrogen-bond acceptors (Lipinski definition) is 3. The molecular formula is C18H18F4N2O3. The number of nitrogens with one attached hydrogen (secondary N) is 1. The predicted octanol–water partition coefficient (Wildman–Crippen LogP) is 3.35. The highest BCUT2D eigenvalue weighted by Crippen LogP contribution is 2.38. The van der Waals surface area contributed by atoms with Crippen LogP contribution in [0.25, 0.3) is 0 Å². The van der Waals surface area contributed by atoms with Crippen molar-refractivity contribution in [2.75, 3.05) is 11.9 Å². The van der Waals surface area contributed by atoms with Crippen molar-refractivity contribution in [1.82, 2.24) is 4.90 Å². The maximum absolute atomic E-state index is 13.3. The number of carbonyl (C=O) groups is 3. The number of halogens is 4. The summed E-state index contributed by atoms with van der Waals surface area (Å²) in [5, 5.41) is 2.24. The Morgan fingerprint density at radius 3 is 2.26 bits per heavy atom. The molecule has 2 fully saturated rings. The molecule has 1 N–H and O–H groups in total. The number of benzene rings is 1. The van der Waals surface area contributed by atoms with Crippen molar-refractivity contribution in [3.8, 4) is 0 Å². The van der Waals surface area contributed by atoms with Gasteiger partial charge < -0.3 is 5.32 Å². The molecule has 2 atom stereocenters. The van der Waals surface area contributed by atoms with Crippen molar-refractivity contribution in [1.29, 1.82) is 0 Å². The molecule has 1 aromatic rings. The van der Waals surface area contributed by atoms with Gasteiger partial charge in [-0.05, 0) is 31.0 Å². The molecule has 3 rings (SSSR count). The van der Waals surface area contributed by atoms with E-state index in [-0.39, 0.29) is 42.3 Å². The minimum atomic E-state index is -4.88. The lowest BCUT2D eigenvalue weighted by atomic mass is 9.81. The average molecular weight is 386 g/mol. The third kappa shape index (κ3) is 3.96. The van der Waals surface area contributed by atoms with E-state index in [0.717, 1.165) is 23.8 Å². The summed E-state index contributed by atoms with van der Waals surface area (Å²) in [4.78, 5) is 37.7. The molecule has 2 aliphatic rings. The van der Waals surface area contributed by atoms with Gasteiger partial charge in [-0.25, -0.2) is 4.39 Å². The van der Waals surface area contributed by atoms with Gasteiger partial charge >= 0.3 is 6.18 Å². The van der Waals surface area contributed by atoms with Gasteiger partial charge in [-0.15, -0.1) is 0 Å². The summed E-state index contributed by atoms with van der Waals surface area (Å²) in [5.41, 5.74) is -1.68. The second kappa shape index (κ2) is 7.28. The van der Waals surface area contributed by atoms with Crippen LogP contribution in [0.3, 0.4) is 0 Å². The van der Waals surface area contributed by atoms with Gasteiger partial charge in [0.15, 0.2) is 0 Å². The number of imide groups is 1. The van der Waals surface area contributed by atoms with Crippen molar-refractivity contribution < 1.29 is 31.9 Å². The number of carbonyl (C=O) groups excluding carboxylic acids is 3. The number of nitrogens with zero attached hydrogens (tertiary/aromatic N) is 1. The fraction of sp³-hybridized carbons (Fsp3) is 0.500. The highest BCUT2D eigenvalue weighted by molar-refractivity contribution is 6.05. The molecule has 1 aliphatic carbocycles. The average Bonchev–Trinajstić information content (AvgIpc) is 2.85.